The Labute approximate surface area is 285 Å². The fourth-order valence-corrected chi connectivity index (χ4v) is 8.77. The zero-order chi connectivity index (χ0) is 32.6. The molecule has 6 aromatic rings. The van der Waals surface area contributed by atoms with Gasteiger partial charge in [0.2, 0.25) is 5.78 Å². The highest BCUT2D eigenvalue weighted by atomic mass is 32.2. The van der Waals surface area contributed by atoms with E-state index in [2.05, 4.69) is 146 Å². The molecule has 3 heteroatoms. The number of rotatable bonds is 13. The lowest BCUT2D eigenvalue weighted by Crippen LogP contribution is -2.66. The van der Waals surface area contributed by atoms with Crippen LogP contribution in [0, 0.1) is 0 Å². The average Bonchev–Trinajstić information content (AvgIpc) is 3.15. The molecule has 0 heterocycles. The van der Waals surface area contributed by atoms with Crippen LogP contribution in [-0.4, -0.2) is 17.7 Å². The second-order valence-electron chi connectivity index (χ2n) is 12.2. The summed E-state index contributed by atoms with van der Waals surface area (Å²) >= 11 is 0. The molecule has 0 aliphatic rings. The Bertz CT molecular complexity index is 1590. The molecule has 6 rings (SSSR count). The van der Waals surface area contributed by atoms with Crippen LogP contribution in [0.2, 0.25) is 6.32 Å². The number of carbonyl (C=O) groups excluding carboxylic acids is 1. The molecule has 0 atom stereocenters. The van der Waals surface area contributed by atoms with E-state index in [4.69, 9.17) is 0 Å². The van der Waals surface area contributed by atoms with E-state index in [1.165, 1.54) is 46.7 Å². The van der Waals surface area contributed by atoms with Gasteiger partial charge in [0, 0.05) is 27.6 Å². The normalized spacial score (nSPS) is 11.0. The molecule has 0 spiro atoms. The largest absolute Gasteiger partial charge is 0.289 e. The molecule has 0 aliphatic carbocycles. The minimum absolute atomic E-state index is 0.00655. The summed E-state index contributed by atoms with van der Waals surface area (Å²) < 4.78 is 0. The second kappa shape index (κ2) is 17.9. The van der Waals surface area contributed by atoms with E-state index in [1.54, 1.807) is 0 Å². The van der Waals surface area contributed by atoms with Crippen molar-refractivity contribution in [3.8, 4) is 0 Å². The lowest BCUT2D eigenvalue weighted by atomic mass is 9.14. The third kappa shape index (κ3) is 9.47. The Balaban J connectivity index is 0.000000185. The minimum atomic E-state index is -0.913. The molecule has 0 saturated heterocycles. The Kier molecular flexibility index (Phi) is 12.9. The first-order chi connectivity index (χ1) is 23.2. The highest BCUT2D eigenvalue weighted by molar-refractivity contribution is 7.96. The van der Waals surface area contributed by atoms with E-state index in [1.807, 2.05) is 42.5 Å². The molecule has 0 fully saturated rings. The molecule has 0 saturated carbocycles. The highest BCUT2D eigenvalue weighted by Crippen LogP contribution is 2.18. The summed E-state index contributed by atoms with van der Waals surface area (Å²) in [5, 5.41) is 0. The predicted molar refractivity (Wildman–Crippen MR) is 207 cm³/mol. The Morgan fingerprint density at radius 3 is 1.19 bits per heavy atom. The Morgan fingerprint density at radius 1 is 0.489 bits per heavy atom. The maximum absolute atomic E-state index is 12.6. The van der Waals surface area contributed by atoms with Crippen molar-refractivity contribution in [3.63, 3.8) is 0 Å². The number of hydrogen-bond acceptors (Lipinski definition) is 1. The number of hydrogen-bond donors (Lipinski definition) is 0. The maximum Gasteiger partial charge on any atom is 0.211 e. The lowest BCUT2D eigenvalue weighted by molar-refractivity contribution is 0.102. The number of ketones is 1. The Morgan fingerprint density at radius 2 is 0.830 bits per heavy atom. The van der Waals surface area contributed by atoms with Crippen LogP contribution < -0.4 is 16.4 Å². The summed E-state index contributed by atoms with van der Waals surface area (Å²) in [6, 6.07) is 63.7. The van der Waals surface area contributed by atoms with Crippen molar-refractivity contribution >= 4 is 39.2 Å². The van der Waals surface area contributed by atoms with E-state index in [0.29, 0.717) is 5.75 Å². The standard InChI is InChI=1S/C22H24B.C22H21OS/c1-2-3-19-23(20-13-7-4-8-14-20,21-15-9-5-10-16-21)22-17-11-6-12-18-22;23-22(21-14-8-3-9-15-21)18-24(16-19-10-4-1-5-11-19)17-20-12-6-2-7-13-20/h4-18H,2-3,19H2,1H3;1-15H,16-18H2/q-1;+1. The minimum Gasteiger partial charge on any atom is -0.289 e. The molecule has 0 aromatic heterocycles. The van der Waals surface area contributed by atoms with Gasteiger partial charge in [-0.3, -0.25) is 4.79 Å². The van der Waals surface area contributed by atoms with E-state index in [9.17, 15) is 4.79 Å². The van der Waals surface area contributed by atoms with Crippen molar-refractivity contribution in [2.75, 3.05) is 5.75 Å². The summed E-state index contributed by atoms with van der Waals surface area (Å²) in [6.45, 7) is 2.28. The van der Waals surface area contributed by atoms with Crippen LogP contribution >= 0.6 is 0 Å². The fraction of sp³-hybridized carbons (Fsp3) is 0.159. The molecular weight excluding hydrogens is 587 g/mol. The first kappa shape index (κ1) is 33.8. The van der Waals surface area contributed by atoms with Gasteiger partial charge in [-0.1, -0.05) is 202 Å². The van der Waals surface area contributed by atoms with Gasteiger partial charge in [-0.2, -0.15) is 22.7 Å². The summed E-state index contributed by atoms with van der Waals surface area (Å²) in [5.41, 5.74) is 7.75. The van der Waals surface area contributed by atoms with Gasteiger partial charge in [0.05, 0.1) is 6.15 Å². The van der Waals surface area contributed by atoms with E-state index in [0.717, 1.165) is 17.1 Å². The summed E-state index contributed by atoms with van der Waals surface area (Å²) in [7, 11) is -0.00655. The molecule has 0 unspecified atom stereocenters. The number of unbranched alkanes of at least 4 members (excludes halogenated alkanes) is 1. The molecule has 1 nitrogen and oxygen atoms in total. The van der Waals surface area contributed by atoms with Crippen molar-refractivity contribution in [1.29, 1.82) is 0 Å². The van der Waals surface area contributed by atoms with E-state index < -0.39 is 6.15 Å². The highest BCUT2D eigenvalue weighted by Gasteiger charge is 2.29. The molecule has 236 valence electrons. The van der Waals surface area contributed by atoms with Gasteiger partial charge in [-0.25, -0.2) is 0 Å². The predicted octanol–water partition coefficient (Wildman–Crippen LogP) is 8.84. The molecule has 6 aromatic carbocycles. The molecule has 0 amide bonds. The van der Waals surface area contributed by atoms with Crippen LogP contribution in [0.1, 0.15) is 41.3 Å². The van der Waals surface area contributed by atoms with Crippen LogP contribution in [0.3, 0.4) is 0 Å². The molecule has 0 radical (unpaired) electrons. The third-order valence-corrected chi connectivity index (χ3v) is 11.1. The second-order valence-corrected chi connectivity index (χ2v) is 14.3. The Hall–Kier alpha value is -4.60. The fourth-order valence-electron chi connectivity index (χ4n) is 6.60. The first-order valence-corrected chi connectivity index (χ1v) is 18.6. The summed E-state index contributed by atoms with van der Waals surface area (Å²) in [6.07, 6.45) is 2.73. The van der Waals surface area contributed by atoms with Crippen LogP contribution in [0.15, 0.2) is 182 Å². The van der Waals surface area contributed by atoms with Crippen LogP contribution in [0.4, 0.5) is 0 Å². The van der Waals surface area contributed by atoms with Gasteiger partial charge in [-0.15, -0.1) is 0 Å². The van der Waals surface area contributed by atoms with Crippen LogP contribution in [0.5, 0.6) is 0 Å². The van der Waals surface area contributed by atoms with Gasteiger partial charge in [0.1, 0.15) is 11.5 Å². The molecular formula is C44H45BOS. The molecule has 0 N–H and O–H groups in total. The number of carbonyl (C=O) groups is 1. The van der Waals surface area contributed by atoms with Crippen molar-refractivity contribution < 1.29 is 4.79 Å². The smallest absolute Gasteiger partial charge is 0.211 e. The van der Waals surface area contributed by atoms with Crippen molar-refractivity contribution in [3.05, 3.63) is 199 Å². The van der Waals surface area contributed by atoms with Gasteiger partial charge in [-0.05, 0) is 0 Å². The third-order valence-electron chi connectivity index (χ3n) is 8.95. The monoisotopic (exact) mass is 632 g/mol. The molecule has 47 heavy (non-hydrogen) atoms. The maximum atomic E-state index is 12.6. The van der Waals surface area contributed by atoms with Crippen molar-refractivity contribution in [2.24, 2.45) is 0 Å². The van der Waals surface area contributed by atoms with Gasteiger partial charge < -0.3 is 0 Å². The lowest BCUT2D eigenvalue weighted by Gasteiger charge is -2.43. The zero-order valence-corrected chi connectivity index (χ0v) is 28.3. The number of benzene rings is 6. The summed E-state index contributed by atoms with van der Waals surface area (Å²) in [4.78, 5) is 12.6. The van der Waals surface area contributed by atoms with Crippen molar-refractivity contribution in [2.45, 2.75) is 37.6 Å². The number of Topliss-reactive ketones (excluding diaryl/α,β-unsaturated/α-hetero) is 1. The molecule has 0 aliphatic heterocycles. The average molecular weight is 633 g/mol. The topological polar surface area (TPSA) is 17.1 Å². The van der Waals surface area contributed by atoms with Gasteiger partial charge >= 0.3 is 0 Å². The van der Waals surface area contributed by atoms with E-state index in [-0.39, 0.29) is 16.7 Å². The van der Waals surface area contributed by atoms with Crippen molar-refractivity contribution in [1.82, 2.24) is 0 Å². The van der Waals surface area contributed by atoms with Crippen LogP contribution in [0.25, 0.3) is 0 Å². The summed E-state index contributed by atoms with van der Waals surface area (Å²) in [5.74, 6) is 2.75. The van der Waals surface area contributed by atoms with Gasteiger partial charge in [0.25, 0.3) is 0 Å². The van der Waals surface area contributed by atoms with E-state index >= 15 is 0 Å². The van der Waals surface area contributed by atoms with Crippen LogP contribution in [-0.2, 0) is 22.4 Å². The zero-order valence-electron chi connectivity index (χ0n) is 27.5. The van der Waals surface area contributed by atoms with Gasteiger partial charge in [0.15, 0.2) is 5.75 Å². The first-order valence-electron chi connectivity index (χ1n) is 16.8. The quantitative estimate of drug-likeness (QED) is 0.0707. The SMILES string of the molecule is CCCC[B-](c1ccccc1)(c1ccccc1)c1ccccc1.O=C(C[S+](Cc1ccccc1)Cc1ccccc1)c1ccccc1. The molecule has 0 bridgehead atoms.